The summed E-state index contributed by atoms with van der Waals surface area (Å²) < 4.78 is 34.5. The average Bonchev–Trinajstić information content (AvgIpc) is 2.95. The van der Waals surface area contributed by atoms with Gasteiger partial charge in [0.1, 0.15) is 13.2 Å². The molecule has 3 rings (SSSR count). The van der Waals surface area contributed by atoms with Gasteiger partial charge in [-0.15, -0.1) is 11.8 Å². The van der Waals surface area contributed by atoms with Crippen LogP contribution >= 0.6 is 11.8 Å². The van der Waals surface area contributed by atoms with Crippen LogP contribution in [0.3, 0.4) is 0 Å². The highest BCUT2D eigenvalue weighted by Crippen LogP contribution is 2.36. The molecule has 1 aromatic carbocycles. The molecular formula is C17H23NO5S2. The van der Waals surface area contributed by atoms with Gasteiger partial charge >= 0.3 is 0 Å². The summed E-state index contributed by atoms with van der Waals surface area (Å²) in [7, 11) is -3.01. The predicted octanol–water partition coefficient (Wildman–Crippen LogP) is 1.97. The molecule has 0 radical (unpaired) electrons. The summed E-state index contributed by atoms with van der Waals surface area (Å²) in [6.45, 7) is 5.34. The van der Waals surface area contributed by atoms with Gasteiger partial charge < -0.3 is 14.4 Å². The zero-order valence-corrected chi connectivity index (χ0v) is 16.1. The molecule has 0 aromatic heterocycles. The Hall–Kier alpha value is -1.41. The van der Waals surface area contributed by atoms with Crippen LogP contribution in [0.2, 0.25) is 0 Å². The SMILES string of the molecule is CCN(C(=O)[C@H](C)Sc1ccc2c(c1)OCCO2)[C@H]1CCS(=O)(=O)C1. The Labute approximate surface area is 152 Å². The minimum atomic E-state index is -3.01. The minimum absolute atomic E-state index is 0.0236. The van der Waals surface area contributed by atoms with Crippen molar-refractivity contribution in [3.05, 3.63) is 18.2 Å². The van der Waals surface area contributed by atoms with E-state index < -0.39 is 9.84 Å². The van der Waals surface area contributed by atoms with Crippen molar-refractivity contribution >= 4 is 27.5 Å². The fraction of sp³-hybridized carbons (Fsp3) is 0.588. The minimum Gasteiger partial charge on any atom is -0.486 e. The van der Waals surface area contributed by atoms with Gasteiger partial charge in [0.15, 0.2) is 21.3 Å². The van der Waals surface area contributed by atoms with Crippen LogP contribution in [0.5, 0.6) is 11.5 Å². The number of ether oxygens (including phenoxy) is 2. The summed E-state index contributed by atoms with van der Waals surface area (Å²) in [5.41, 5.74) is 0. The molecule has 2 aliphatic rings. The number of carbonyl (C=O) groups is 1. The second-order valence-electron chi connectivity index (χ2n) is 6.25. The number of fused-ring (bicyclic) bond motifs is 1. The summed E-state index contributed by atoms with van der Waals surface area (Å²) in [5.74, 6) is 1.65. The van der Waals surface area contributed by atoms with E-state index in [9.17, 15) is 13.2 Å². The van der Waals surface area contributed by atoms with Gasteiger partial charge in [0.25, 0.3) is 0 Å². The Morgan fingerprint density at radius 1 is 1.32 bits per heavy atom. The van der Waals surface area contributed by atoms with Crippen molar-refractivity contribution in [3.8, 4) is 11.5 Å². The second-order valence-corrected chi connectivity index (χ2v) is 9.89. The van der Waals surface area contributed by atoms with E-state index in [2.05, 4.69) is 0 Å². The molecule has 6 nitrogen and oxygen atoms in total. The first kappa shape index (κ1) is 18.4. The molecule has 1 saturated heterocycles. The monoisotopic (exact) mass is 385 g/mol. The maximum absolute atomic E-state index is 12.8. The topological polar surface area (TPSA) is 72.9 Å². The van der Waals surface area contributed by atoms with Gasteiger partial charge in [0.2, 0.25) is 5.91 Å². The highest BCUT2D eigenvalue weighted by Gasteiger charge is 2.35. The van der Waals surface area contributed by atoms with E-state index in [0.29, 0.717) is 31.9 Å². The highest BCUT2D eigenvalue weighted by atomic mass is 32.2. The molecule has 138 valence electrons. The lowest BCUT2D eigenvalue weighted by Gasteiger charge is -2.29. The number of hydrogen-bond donors (Lipinski definition) is 0. The Kier molecular flexibility index (Phi) is 5.48. The van der Waals surface area contributed by atoms with E-state index in [1.165, 1.54) is 11.8 Å². The molecule has 0 spiro atoms. The summed E-state index contributed by atoms with van der Waals surface area (Å²) in [5, 5.41) is -0.300. The fourth-order valence-electron chi connectivity index (χ4n) is 3.20. The average molecular weight is 386 g/mol. The van der Waals surface area contributed by atoms with E-state index in [1.54, 1.807) is 4.90 Å². The Morgan fingerprint density at radius 2 is 2.04 bits per heavy atom. The van der Waals surface area contributed by atoms with Gasteiger partial charge in [-0.1, -0.05) is 0 Å². The second kappa shape index (κ2) is 7.45. The lowest BCUT2D eigenvalue weighted by molar-refractivity contribution is -0.131. The zero-order chi connectivity index (χ0) is 18.0. The number of hydrogen-bond acceptors (Lipinski definition) is 6. The molecular weight excluding hydrogens is 362 g/mol. The molecule has 0 saturated carbocycles. The molecule has 1 aromatic rings. The Morgan fingerprint density at radius 3 is 2.68 bits per heavy atom. The van der Waals surface area contributed by atoms with Crippen LogP contribution in [0.25, 0.3) is 0 Å². The molecule has 2 atom stereocenters. The van der Waals surface area contributed by atoms with Crippen LogP contribution in [-0.4, -0.2) is 61.8 Å². The molecule has 2 heterocycles. The molecule has 1 fully saturated rings. The van der Waals surface area contributed by atoms with Crippen molar-refractivity contribution in [2.75, 3.05) is 31.3 Å². The highest BCUT2D eigenvalue weighted by molar-refractivity contribution is 8.00. The molecule has 0 bridgehead atoms. The smallest absolute Gasteiger partial charge is 0.236 e. The first-order chi connectivity index (χ1) is 11.9. The third kappa shape index (κ3) is 4.23. The summed E-state index contributed by atoms with van der Waals surface area (Å²) >= 11 is 1.45. The number of rotatable bonds is 5. The Balaban J connectivity index is 1.67. The van der Waals surface area contributed by atoms with Crippen molar-refractivity contribution < 1.29 is 22.7 Å². The number of thioether (sulfide) groups is 1. The predicted molar refractivity (Wildman–Crippen MR) is 97.2 cm³/mol. The number of carbonyl (C=O) groups excluding carboxylic acids is 1. The maximum Gasteiger partial charge on any atom is 0.236 e. The first-order valence-corrected chi connectivity index (χ1v) is 11.2. The van der Waals surface area contributed by atoms with E-state index in [0.717, 1.165) is 10.6 Å². The third-order valence-electron chi connectivity index (χ3n) is 4.45. The van der Waals surface area contributed by atoms with Crippen molar-refractivity contribution in [3.63, 3.8) is 0 Å². The standard InChI is InChI=1S/C17H23NO5S2/c1-3-18(13-6-9-25(20,21)11-13)17(19)12(2)24-14-4-5-15-16(10-14)23-8-7-22-15/h4-5,10,12-13H,3,6-9,11H2,1-2H3/t12-,13-/m0/s1. The molecule has 2 aliphatic heterocycles. The molecule has 8 heteroatoms. The quantitative estimate of drug-likeness (QED) is 0.722. The van der Waals surface area contributed by atoms with E-state index in [-0.39, 0.29) is 28.7 Å². The Bertz CT molecular complexity index is 749. The van der Waals surface area contributed by atoms with Crippen LogP contribution in [0.4, 0.5) is 0 Å². The largest absolute Gasteiger partial charge is 0.486 e. The van der Waals surface area contributed by atoms with Crippen molar-refractivity contribution in [2.24, 2.45) is 0 Å². The molecule has 0 aliphatic carbocycles. The van der Waals surface area contributed by atoms with Crippen LogP contribution in [0, 0.1) is 0 Å². The van der Waals surface area contributed by atoms with Crippen LogP contribution in [0.1, 0.15) is 20.3 Å². The molecule has 25 heavy (non-hydrogen) atoms. The molecule has 1 amide bonds. The summed E-state index contributed by atoms with van der Waals surface area (Å²) in [6.07, 6.45) is 0.531. The maximum atomic E-state index is 12.8. The van der Waals surface area contributed by atoms with Gasteiger partial charge in [-0.05, 0) is 38.5 Å². The van der Waals surface area contributed by atoms with E-state index in [4.69, 9.17) is 9.47 Å². The number of nitrogens with zero attached hydrogens (tertiary/aromatic N) is 1. The van der Waals surface area contributed by atoms with Crippen molar-refractivity contribution in [1.29, 1.82) is 0 Å². The number of amides is 1. The van der Waals surface area contributed by atoms with Gasteiger partial charge in [-0.25, -0.2) is 8.42 Å². The first-order valence-electron chi connectivity index (χ1n) is 8.47. The van der Waals surface area contributed by atoms with E-state index >= 15 is 0 Å². The van der Waals surface area contributed by atoms with Crippen LogP contribution in [0.15, 0.2) is 23.1 Å². The summed E-state index contributed by atoms with van der Waals surface area (Å²) in [4.78, 5) is 15.5. The van der Waals surface area contributed by atoms with Gasteiger partial charge in [0, 0.05) is 17.5 Å². The lowest BCUT2D eigenvalue weighted by Crippen LogP contribution is -2.44. The number of benzene rings is 1. The number of sulfone groups is 1. The van der Waals surface area contributed by atoms with Crippen molar-refractivity contribution in [2.45, 2.75) is 36.5 Å². The van der Waals surface area contributed by atoms with Crippen molar-refractivity contribution in [1.82, 2.24) is 4.90 Å². The summed E-state index contributed by atoms with van der Waals surface area (Å²) in [6, 6.07) is 5.46. The normalized spacial score (nSPS) is 22.4. The zero-order valence-electron chi connectivity index (χ0n) is 14.4. The van der Waals surface area contributed by atoms with Crippen LogP contribution in [-0.2, 0) is 14.6 Å². The molecule has 0 N–H and O–H groups in total. The van der Waals surface area contributed by atoms with E-state index in [1.807, 2.05) is 32.0 Å². The van der Waals surface area contributed by atoms with Gasteiger partial charge in [-0.2, -0.15) is 0 Å². The van der Waals surface area contributed by atoms with Gasteiger partial charge in [0.05, 0.1) is 16.8 Å². The lowest BCUT2D eigenvalue weighted by atomic mass is 10.2. The molecule has 0 unspecified atom stereocenters. The fourth-order valence-corrected chi connectivity index (χ4v) is 5.90. The van der Waals surface area contributed by atoms with Gasteiger partial charge in [-0.3, -0.25) is 4.79 Å². The third-order valence-corrected chi connectivity index (χ3v) is 7.28. The van der Waals surface area contributed by atoms with Crippen LogP contribution < -0.4 is 9.47 Å².